The number of phenolic OH excluding ortho intramolecular Hbond substituents is 1. The monoisotopic (exact) mass is 270 g/mol. The normalized spacial score (nSPS) is 10.7. The number of hydrogen-bond acceptors (Lipinski definition) is 4. The Morgan fingerprint density at radius 3 is 2.55 bits per heavy atom. The van der Waals surface area contributed by atoms with Gasteiger partial charge in [-0.3, -0.25) is 0 Å². The van der Waals surface area contributed by atoms with Gasteiger partial charge in [0, 0.05) is 17.0 Å². The molecule has 3 rings (SSSR count). The number of benzene rings is 2. The highest BCUT2D eigenvalue weighted by molar-refractivity contribution is 5.94. The van der Waals surface area contributed by atoms with E-state index in [1.54, 1.807) is 25.5 Å². The van der Waals surface area contributed by atoms with Gasteiger partial charge in [0.05, 0.1) is 20.5 Å². The lowest BCUT2D eigenvalue weighted by Gasteiger charge is -2.05. The number of phenols is 1. The second-order valence-corrected chi connectivity index (χ2v) is 4.40. The Bertz CT molecular complexity index is 758. The van der Waals surface area contributed by atoms with Crippen molar-refractivity contribution >= 4 is 11.0 Å². The van der Waals surface area contributed by atoms with E-state index in [1.807, 2.05) is 24.3 Å². The Kier molecular flexibility index (Phi) is 2.99. The first-order valence-electron chi connectivity index (χ1n) is 6.15. The van der Waals surface area contributed by atoms with E-state index < -0.39 is 0 Å². The average molecular weight is 270 g/mol. The number of rotatable bonds is 3. The molecule has 1 aromatic heterocycles. The van der Waals surface area contributed by atoms with Crippen LogP contribution < -0.4 is 9.47 Å². The number of methoxy groups -OCH3 is 2. The Labute approximate surface area is 116 Å². The summed E-state index contributed by atoms with van der Waals surface area (Å²) in [5, 5.41) is 10.8. The van der Waals surface area contributed by atoms with Crippen molar-refractivity contribution < 1.29 is 19.0 Å². The van der Waals surface area contributed by atoms with Crippen LogP contribution in [0.5, 0.6) is 17.2 Å². The molecule has 4 heteroatoms. The van der Waals surface area contributed by atoms with Gasteiger partial charge in [-0.15, -0.1) is 0 Å². The van der Waals surface area contributed by atoms with Crippen LogP contribution in [-0.2, 0) is 0 Å². The van der Waals surface area contributed by atoms with Crippen molar-refractivity contribution in [2.24, 2.45) is 0 Å². The molecule has 0 aliphatic carbocycles. The first-order valence-corrected chi connectivity index (χ1v) is 6.15. The molecule has 1 N–H and O–H groups in total. The summed E-state index contributed by atoms with van der Waals surface area (Å²) >= 11 is 0. The molecule has 102 valence electrons. The topological polar surface area (TPSA) is 51.8 Å². The van der Waals surface area contributed by atoms with Crippen LogP contribution in [0.25, 0.3) is 22.1 Å². The first-order chi connectivity index (χ1) is 9.72. The van der Waals surface area contributed by atoms with E-state index in [0.717, 1.165) is 27.8 Å². The molecule has 4 nitrogen and oxygen atoms in total. The zero-order chi connectivity index (χ0) is 14.1. The minimum Gasteiger partial charge on any atom is -0.504 e. The molecular formula is C16H14O4. The minimum absolute atomic E-state index is 0.105. The molecule has 0 bridgehead atoms. The zero-order valence-corrected chi connectivity index (χ0v) is 11.2. The van der Waals surface area contributed by atoms with E-state index in [-0.39, 0.29) is 5.75 Å². The fraction of sp³-hybridized carbons (Fsp3) is 0.125. The van der Waals surface area contributed by atoms with E-state index >= 15 is 0 Å². The van der Waals surface area contributed by atoms with Gasteiger partial charge in [-0.25, -0.2) is 0 Å². The molecule has 0 aliphatic rings. The maximum atomic E-state index is 9.87. The summed E-state index contributed by atoms with van der Waals surface area (Å²) < 4.78 is 15.8. The summed E-state index contributed by atoms with van der Waals surface area (Å²) in [5.74, 6) is 1.30. The SMILES string of the molecule is COc1ccc2c(-c3ccc(OC)c(O)c3)coc2c1. The lowest BCUT2D eigenvalue weighted by molar-refractivity contribution is 0.373. The van der Waals surface area contributed by atoms with E-state index in [1.165, 1.54) is 7.11 Å². The van der Waals surface area contributed by atoms with E-state index in [9.17, 15) is 5.11 Å². The molecule has 0 aliphatic heterocycles. The Hall–Kier alpha value is -2.62. The third kappa shape index (κ3) is 1.95. The van der Waals surface area contributed by atoms with Crippen LogP contribution >= 0.6 is 0 Å². The van der Waals surface area contributed by atoms with Gasteiger partial charge >= 0.3 is 0 Å². The first kappa shape index (κ1) is 12.4. The highest BCUT2D eigenvalue weighted by Crippen LogP contribution is 2.36. The smallest absolute Gasteiger partial charge is 0.160 e. The number of fused-ring (bicyclic) bond motifs is 1. The van der Waals surface area contributed by atoms with Crippen molar-refractivity contribution in [2.75, 3.05) is 14.2 Å². The second kappa shape index (κ2) is 4.81. The molecule has 0 amide bonds. The molecule has 2 aromatic carbocycles. The molecule has 0 atom stereocenters. The van der Waals surface area contributed by atoms with Crippen molar-refractivity contribution in [3.05, 3.63) is 42.7 Å². The van der Waals surface area contributed by atoms with Crippen LogP contribution in [-0.4, -0.2) is 19.3 Å². The Balaban J connectivity index is 2.12. The van der Waals surface area contributed by atoms with Crippen LogP contribution in [0.2, 0.25) is 0 Å². The third-order valence-electron chi connectivity index (χ3n) is 3.27. The van der Waals surface area contributed by atoms with Gasteiger partial charge in [0.1, 0.15) is 11.3 Å². The number of aromatic hydroxyl groups is 1. The van der Waals surface area contributed by atoms with Gasteiger partial charge in [-0.1, -0.05) is 6.07 Å². The van der Waals surface area contributed by atoms with E-state index in [0.29, 0.717) is 5.75 Å². The average Bonchev–Trinajstić information content (AvgIpc) is 2.90. The third-order valence-corrected chi connectivity index (χ3v) is 3.27. The van der Waals surface area contributed by atoms with Crippen molar-refractivity contribution in [1.82, 2.24) is 0 Å². The standard InChI is InChI=1S/C16H14O4/c1-18-11-4-5-12-13(9-20-16(12)8-11)10-3-6-15(19-2)14(17)7-10/h3-9,17H,1-2H3. The summed E-state index contributed by atoms with van der Waals surface area (Å²) in [6.45, 7) is 0. The Morgan fingerprint density at radius 2 is 1.85 bits per heavy atom. The maximum Gasteiger partial charge on any atom is 0.160 e. The largest absolute Gasteiger partial charge is 0.504 e. The maximum absolute atomic E-state index is 9.87. The zero-order valence-electron chi connectivity index (χ0n) is 11.2. The van der Waals surface area contributed by atoms with Gasteiger partial charge < -0.3 is 19.0 Å². The molecule has 0 radical (unpaired) electrons. The van der Waals surface area contributed by atoms with Crippen molar-refractivity contribution in [2.45, 2.75) is 0 Å². The fourth-order valence-electron chi connectivity index (χ4n) is 2.22. The molecule has 1 heterocycles. The van der Waals surface area contributed by atoms with Crippen LogP contribution in [0.4, 0.5) is 0 Å². The van der Waals surface area contributed by atoms with Gasteiger partial charge in [0.2, 0.25) is 0 Å². The second-order valence-electron chi connectivity index (χ2n) is 4.40. The number of ether oxygens (including phenoxy) is 2. The van der Waals surface area contributed by atoms with Gasteiger partial charge in [-0.05, 0) is 29.8 Å². The fourth-order valence-corrected chi connectivity index (χ4v) is 2.22. The quantitative estimate of drug-likeness (QED) is 0.786. The van der Waals surface area contributed by atoms with Crippen LogP contribution in [0, 0.1) is 0 Å². The number of hydrogen-bond donors (Lipinski definition) is 1. The van der Waals surface area contributed by atoms with Crippen molar-refractivity contribution in [1.29, 1.82) is 0 Å². The van der Waals surface area contributed by atoms with E-state index in [4.69, 9.17) is 13.9 Å². The van der Waals surface area contributed by atoms with Gasteiger partial charge in [-0.2, -0.15) is 0 Å². The van der Waals surface area contributed by atoms with E-state index in [2.05, 4.69) is 0 Å². The molecule has 0 spiro atoms. The molecule has 0 fully saturated rings. The predicted molar refractivity (Wildman–Crippen MR) is 76.4 cm³/mol. The summed E-state index contributed by atoms with van der Waals surface area (Å²) in [6.07, 6.45) is 1.67. The molecular weight excluding hydrogens is 256 g/mol. The predicted octanol–water partition coefficient (Wildman–Crippen LogP) is 3.82. The van der Waals surface area contributed by atoms with Gasteiger partial charge in [0.15, 0.2) is 11.5 Å². The molecule has 20 heavy (non-hydrogen) atoms. The lowest BCUT2D eigenvalue weighted by Crippen LogP contribution is -1.84. The number of furan rings is 1. The summed E-state index contributed by atoms with van der Waals surface area (Å²) in [5.41, 5.74) is 2.53. The van der Waals surface area contributed by atoms with Crippen LogP contribution in [0.15, 0.2) is 47.1 Å². The molecule has 0 saturated carbocycles. The van der Waals surface area contributed by atoms with Crippen molar-refractivity contribution in [3.63, 3.8) is 0 Å². The minimum atomic E-state index is 0.105. The Morgan fingerprint density at radius 1 is 1.00 bits per heavy atom. The molecule has 3 aromatic rings. The highest BCUT2D eigenvalue weighted by Gasteiger charge is 2.11. The highest BCUT2D eigenvalue weighted by atomic mass is 16.5. The van der Waals surface area contributed by atoms with Crippen LogP contribution in [0.3, 0.4) is 0 Å². The molecule has 0 unspecified atom stereocenters. The summed E-state index contributed by atoms with van der Waals surface area (Å²) in [4.78, 5) is 0. The van der Waals surface area contributed by atoms with Crippen LogP contribution in [0.1, 0.15) is 0 Å². The summed E-state index contributed by atoms with van der Waals surface area (Å²) in [7, 11) is 3.14. The lowest BCUT2D eigenvalue weighted by atomic mass is 10.0. The van der Waals surface area contributed by atoms with Gasteiger partial charge in [0.25, 0.3) is 0 Å². The van der Waals surface area contributed by atoms with Crippen molar-refractivity contribution in [3.8, 4) is 28.4 Å². The molecule has 0 saturated heterocycles. The summed E-state index contributed by atoms with van der Waals surface area (Å²) in [6, 6.07) is 10.9.